The van der Waals surface area contributed by atoms with Crippen molar-refractivity contribution in [3.8, 4) is 0 Å². The van der Waals surface area contributed by atoms with Crippen LogP contribution >= 0.6 is 0 Å². The van der Waals surface area contributed by atoms with E-state index >= 15 is 0 Å². The molecule has 0 bridgehead atoms. The highest BCUT2D eigenvalue weighted by molar-refractivity contribution is 5.56. The molecule has 0 aliphatic carbocycles. The summed E-state index contributed by atoms with van der Waals surface area (Å²) in [5.74, 6) is 5.79. The lowest BCUT2D eigenvalue weighted by Crippen LogP contribution is -2.10. The van der Waals surface area contributed by atoms with Gasteiger partial charge in [-0.2, -0.15) is 4.98 Å². The number of aromatic nitrogens is 2. The Morgan fingerprint density at radius 3 is 2.56 bits per heavy atom. The van der Waals surface area contributed by atoms with E-state index in [1.54, 1.807) is 24.4 Å². The highest BCUT2D eigenvalue weighted by Gasteiger charge is 1.98. The smallest absolute Gasteiger partial charge is 0.239 e. The molecule has 0 saturated heterocycles. The Bertz CT molecular complexity index is 471. The van der Waals surface area contributed by atoms with Crippen molar-refractivity contribution < 1.29 is 4.39 Å². The second-order valence-electron chi connectivity index (χ2n) is 3.04. The summed E-state index contributed by atoms with van der Waals surface area (Å²) in [6.45, 7) is 0. The fraction of sp³-hybridized carbons (Fsp3) is 0. The van der Waals surface area contributed by atoms with Crippen LogP contribution in [0, 0.1) is 5.82 Å². The number of nitrogens with one attached hydrogen (secondary N) is 2. The molecular weight excluding hydrogens is 209 g/mol. The molecule has 1 heterocycles. The lowest BCUT2D eigenvalue weighted by molar-refractivity contribution is 0.628. The van der Waals surface area contributed by atoms with E-state index in [1.807, 2.05) is 0 Å². The number of halogens is 1. The first kappa shape index (κ1) is 10.3. The predicted octanol–water partition coefficient (Wildman–Crippen LogP) is 1.64. The van der Waals surface area contributed by atoms with Crippen LogP contribution in [0.15, 0.2) is 36.5 Å². The van der Waals surface area contributed by atoms with Crippen molar-refractivity contribution in [1.29, 1.82) is 0 Å². The average Bonchev–Trinajstić information content (AvgIpc) is 2.32. The minimum Gasteiger partial charge on any atom is -0.340 e. The highest BCUT2D eigenvalue weighted by Crippen LogP contribution is 2.14. The van der Waals surface area contributed by atoms with Crippen LogP contribution in [0.4, 0.5) is 21.8 Å². The summed E-state index contributed by atoms with van der Waals surface area (Å²) < 4.78 is 12.7. The second-order valence-corrected chi connectivity index (χ2v) is 3.04. The molecule has 1 aromatic carbocycles. The van der Waals surface area contributed by atoms with Gasteiger partial charge in [-0.05, 0) is 30.3 Å². The number of hydrogen-bond donors (Lipinski definition) is 3. The Kier molecular flexibility index (Phi) is 2.93. The van der Waals surface area contributed by atoms with Crippen LogP contribution in [-0.2, 0) is 0 Å². The molecule has 0 amide bonds. The van der Waals surface area contributed by atoms with Crippen LogP contribution in [-0.4, -0.2) is 9.97 Å². The van der Waals surface area contributed by atoms with E-state index in [0.717, 1.165) is 5.69 Å². The van der Waals surface area contributed by atoms with Crippen LogP contribution < -0.4 is 16.6 Å². The summed E-state index contributed by atoms with van der Waals surface area (Å²) in [4.78, 5) is 7.92. The zero-order chi connectivity index (χ0) is 11.4. The number of hydrazine groups is 1. The fourth-order valence-corrected chi connectivity index (χ4v) is 1.18. The number of rotatable bonds is 3. The minimum absolute atomic E-state index is 0.280. The Morgan fingerprint density at radius 1 is 1.12 bits per heavy atom. The molecule has 0 fully saturated rings. The fourth-order valence-electron chi connectivity index (χ4n) is 1.18. The third kappa shape index (κ3) is 2.43. The third-order valence-electron chi connectivity index (χ3n) is 1.90. The van der Waals surface area contributed by atoms with Crippen LogP contribution in [0.3, 0.4) is 0 Å². The Labute approximate surface area is 91.5 Å². The normalized spacial score (nSPS) is 9.88. The molecule has 5 nitrogen and oxygen atoms in total. The van der Waals surface area contributed by atoms with Gasteiger partial charge in [-0.15, -0.1) is 0 Å². The summed E-state index contributed by atoms with van der Waals surface area (Å²) in [5.41, 5.74) is 3.08. The summed E-state index contributed by atoms with van der Waals surface area (Å²) >= 11 is 0. The van der Waals surface area contributed by atoms with Crippen molar-refractivity contribution in [2.24, 2.45) is 5.84 Å². The molecule has 0 saturated carbocycles. The number of nitrogens with two attached hydrogens (primary N) is 1. The summed E-state index contributed by atoms with van der Waals surface area (Å²) in [7, 11) is 0. The van der Waals surface area contributed by atoms with Crippen molar-refractivity contribution in [1.82, 2.24) is 9.97 Å². The molecule has 1 aromatic heterocycles. The van der Waals surface area contributed by atoms with Gasteiger partial charge in [0.15, 0.2) is 0 Å². The maximum atomic E-state index is 12.7. The van der Waals surface area contributed by atoms with E-state index in [4.69, 9.17) is 5.84 Å². The molecule has 16 heavy (non-hydrogen) atoms. The number of hydrogen-bond acceptors (Lipinski definition) is 5. The molecule has 82 valence electrons. The molecule has 0 unspecified atom stereocenters. The van der Waals surface area contributed by atoms with E-state index in [1.165, 1.54) is 12.1 Å². The largest absolute Gasteiger partial charge is 0.340 e. The first-order valence-electron chi connectivity index (χ1n) is 4.60. The predicted molar refractivity (Wildman–Crippen MR) is 59.5 cm³/mol. The van der Waals surface area contributed by atoms with Gasteiger partial charge in [0.25, 0.3) is 0 Å². The van der Waals surface area contributed by atoms with Crippen molar-refractivity contribution in [3.63, 3.8) is 0 Å². The van der Waals surface area contributed by atoms with E-state index in [2.05, 4.69) is 20.7 Å². The average molecular weight is 219 g/mol. The van der Waals surface area contributed by atoms with Crippen LogP contribution in [0.1, 0.15) is 0 Å². The van der Waals surface area contributed by atoms with Crippen LogP contribution in [0.5, 0.6) is 0 Å². The zero-order valence-corrected chi connectivity index (χ0v) is 8.31. The third-order valence-corrected chi connectivity index (χ3v) is 1.90. The van der Waals surface area contributed by atoms with Gasteiger partial charge >= 0.3 is 0 Å². The van der Waals surface area contributed by atoms with Gasteiger partial charge in [0.2, 0.25) is 5.95 Å². The Balaban J connectivity index is 2.16. The summed E-state index contributed by atoms with van der Waals surface area (Å²) in [6.07, 6.45) is 1.56. The van der Waals surface area contributed by atoms with Crippen molar-refractivity contribution in [3.05, 3.63) is 42.3 Å². The SMILES string of the molecule is NNc1nccc(Nc2ccc(F)cc2)n1. The molecule has 0 aliphatic heterocycles. The van der Waals surface area contributed by atoms with Gasteiger partial charge in [0.1, 0.15) is 11.6 Å². The minimum atomic E-state index is -0.280. The van der Waals surface area contributed by atoms with Crippen molar-refractivity contribution >= 4 is 17.5 Å². The topological polar surface area (TPSA) is 75.9 Å². The lowest BCUT2D eigenvalue weighted by Gasteiger charge is -2.06. The molecule has 0 aliphatic rings. The molecule has 2 rings (SSSR count). The molecule has 0 radical (unpaired) electrons. The summed E-state index contributed by atoms with van der Waals surface area (Å²) in [6, 6.07) is 7.65. The van der Waals surface area contributed by atoms with E-state index in [-0.39, 0.29) is 5.82 Å². The maximum absolute atomic E-state index is 12.7. The van der Waals surface area contributed by atoms with E-state index in [9.17, 15) is 4.39 Å². The molecule has 4 N–H and O–H groups in total. The van der Waals surface area contributed by atoms with Gasteiger partial charge in [-0.3, -0.25) is 5.43 Å². The molecule has 0 spiro atoms. The van der Waals surface area contributed by atoms with Crippen molar-refractivity contribution in [2.45, 2.75) is 0 Å². The Morgan fingerprint density at radius 2 is 1.88 bits per heavy atom. The molecule has 6 heteroatoms. The Hall–Kier alpha value is -2.21. The molecular formula is C10H10FN5. The van der Waals surface area contributed by atoms with Gasteiger partial charge in [0, 0.05) is 11.9 Å². The van der Waals surface area contributed by atoms with Gasteiger partial charge in [-0.1, -0.05) is 0 Å². The molecule has 2 aromatic rings. The summed E-state index contributed by atoms with van der Waals surface area (Å²) in [5, 5.41) is 2.99. The van der Waals surface area contributed by atoms with E-state index in [0.29, 0.717) is 11.8 Å². The molecule has 0 atom stereocenters. The van der Waals surface area contributed by atoms with Crippen molar-refractivity contribution in [2.75, 3.05) is 10.7 Å². The van der Waals surface area contributed by atoms with Gasteiger partial charge < -0.3 is 5.32 Å². The van der Waals surface area contributed by atoms with E-state index < -0.39 is 0 Å². The van der Waals surface area contributed by atoms with Crippen LogP contribution in [0.2, 0.25) is 0 Å². The van der Waals surface area contributed by atoms with Gasteiger partial charge in [0.05, 0.1) is 0 Å². The number of anilines is 3. The van der Waals surface area contributed by atoms with Crippen LogP contribution in [0.25, 0.3) is 0 Å². The number of nitrogens with zero attached hydrogens (tertiary/aromatic N) is 2. The first-order chi connectivity index (χ1) is 7.78. The zero-order valence-electron chi connectivity index (χ0n) is 8.31. The lowest BCUT2D eigenvalue weighted by atomic mass is 10.3. The maximum Gasteiger partial charge on any atom is 0.239 e. The first-order valence-corrected chi connectivity index (χ1v) is 4.60. The highest BCUT2D eigenvalue weighted by atomic mass is 19.1. The second kappa shape index (κ2) is 4.54. The standard InChI is InChI=1S/C10H10FN5/c11-7-1-3-8(4-2-7)14-9-5-6-13-10(15-9)16-12/h1-6H,12H2,(H2,13,14,15,16). The number of benzene rings is 1. The number of nitrogen functional groups attached to an aromatic ring is 1. The van der Waals surface area contributed by atoms with Gasteiger partial charge in [-0.25, -0.2) is 15.2 Å². The monoisotopic (exact) mass is 219 g/mol. The quantitative estimate of drug-likeness (QED) is 0.540.